The summed E-state index contributed by atoms with van der Waals surface area (Å²) in [7, 11) is -3.12. The smallest absolute Gasteiger partial charge is 0.403 e. The number of alkyl halides is 3. The quantitative estimate of drug-likeness (QED) is 0.324. The molecule has 2 N–H and O–H groups in total. The van der Waals surface area contributed by atoms with Crippen molar-refractivity contribution in [1.29, 1.82) is 4.78 Å². The number of amides is 1. The standard InChI is InChI=1S/C23H22F4N6O3S/c1-12-16(19(34)30-13-6-4-7-14(10-13)37(3,28)35)20(33-32-17(12)23(25,26)27)36-21-29-11-15(18(24)31-21)22(2)8-5-9-22/h4,6-7,10-11,28H,5,8-9H2,1-3H3,(H,30,34). The molecule has 1 amide bonds. The lowest BCUT2D eigenvalue weighted by atomic mass is 9.67. The fourth-order valence-corrected chi connectivity index (χ4v) is 4.67. The summed E-state index contributed by atoms with van der Waals surface area (Å²) in [6, 6.07) is 4.95. The second kappa shape index (κ2) is 9.32. The van der Waals surface area contributed by atoms with Crippen molar-refractivity contribution in [2.45, 2.75) is 49.6 Å². The van der Waals surface area contributed by atoms with Crippen molar-refractivity contribution in [3.8, 4) is 11.9 Å². The van der Waals surface area contributed by atoms with Crippen molar-refractivity contribution in [3.63, 3.8) is 0 Å². The average Bonchev–Trinajstić information content (AvgIpc) is 2.76. The largest absolute Gasteiger partial charge is 0.435 e. The maximum Gasteiger partial charge on any atom is 0.435 e. The maximum atomic E-state index is 14.7. The maximum absolute atomic E-state index is 14.7. The van der Waals surface area contributed by atoms with Gasteiger partial charge in [-0.25, -0.2) is 14.0 Å². The lowest BCUT2D eigenvalue weighted by Gasteiger charge is -2.38. The fraction of sp³-hybridized carbons (Fsp3) is 0.348. The number of anilines is 1. The first-order chi connectivity index (χ1) is 17.2. The third kappa shape index (κ3) is 5.38. The van der Waals surface area contributed by atoms with Gasteiger partial charge < -0.3 is 10.1 Å². The van der Waals surface area contributed by atoms with Gasteiger partial charge in [-0.1, -0.05) is 19.4 Å². The molecule has 2 heterocycles. The number of hydrogen-bond donors (Lipinski definition) is 2. The van der Waals surface area contributed by atoms with E-state index in [-0.39, 0.29) is 10.6 Å². The van der Waals surface area contributed by atoms with Gasteiger partial charge in [0, 0.05) is 28.6 Å². The highest BCUT2D eigenvalue weighted by atomic mass is 32.2. The average molecular weight is 539 g/mol. The summed E-state index contributed by atoms with van der Waals surface area (Å²) >= 11 is 0. The molecule has 0 bridgehead atoms. The zero-order valence-corrected chi connectivity index (χ0v) is 20.8. The molecule has 0 radical (unpaired) electrons. The van der Waals surface area contributed by atoms with Gasteiger partial charge in [0.05, 0.1) is 9.73 Å². The molecule has 9 nitrogen and oxygen atoms in total. The number of rotatable bonds is 6. The van der Waals surface area contributed by atoms with Gasteiger partial charge in [0.2, 0.25) is 5.95 Å². The molecule has 1 atom stereocenters. The highest BCUT2D eigenvalue weighted by Crippen LogP contribution is 2.44. The van der Waals surface area contributed by atoms with Gasteiger partial charge in [0.25, 0.3) is 11.8 Å². The molecule has 1 saturated carbocycles. The molecule has 3 aromatic rings. The third-order valence-electron chi connectivity index (χ3n) is 6.24. The van der Waals surface area contributed by atoms with Crippen molar-refractivity contribution in [2.75, 3.05) is 11.6 Å². The SMILES string of the molecule is Cc1c(C(F)(F)F)nnc(Oc2ncc(C3(C)CCC3)c(F)n2)c1C(=O)Nc1cccc(S(C)(=N)=O)c1. The van der Waals surface area contributed by atoms with Gasteiger partial charge in [0.1, 0.15) is 5.56 Å². The summed E-state index contributed by atoms with van der Waals surface area (Å²) in [6.07, 6.45) is -0.0393. The summed E-state index contributed by atoms with van der Waals surface area (Å²) < 4.78 is 80.3. The summed E-state index contributed by atoms with van der Waals surface area (Å²) in [5.74, 6) is -2.57. The number of nitrogens with one attached hydrogen (secondary N) is 2. The molecule has 1 unspecified atom stereocenters. The summed E-state index contributed by atoms with van der Waals surface area (Å²) in [6.45, 7) is 2.89. The molecule has 37 heavy (non-hydrogen) atoms. The number of carbonyl (C=O) groups is 1. The van der Waals surface area contributed by atoms with Crippen molar-refractivity contribution < 1.29 is 31.3 Å². The van der Waals surface area contributed by atoms with E-state index in [1.54, 1.807) is 0 Å². The number of benzene rings is 1. The van der Waals surface area contributed by atoms with Gasteiger partial charge >= 0.3 is 12.2 Å². The van der Waals surface area contributed by atoms with E-state index in [9.17, 15) is 26.6 Å². The first-order valence-corrected chi connectivity index (χ1v) is 13.0. The van der Waals surface area contributed by atoms with E-state index in [0.717, 1.165) is 26.2 Å². The van der Waals surface area contributed by atoms with Crippen LogP contribution in [0.15, 0.2) is 35.4 Å². The van der Waals surface area contributed by atoms with Crippen molar-refractivity contribution in [1.82, 2.24) is 20.2 Å². The first kappa shape index (κ1) is 26.4. The van der Waals surface area contributed by atoms with E-state index < -0.39 is 61.9 Å². The molecule has 1 aliphatic rings. The van der Waals surface area contributed by atoms with Gasteiger partial charge in [-0.3, -0.25) is 4.79 Å². The summed E-state index contributed by atoms with van der Waals surface area (Å²) in [4.78, 5) is 20.9. The zero-order chi connectivity index (χ0) is 27.2. The Kier molecular flexibility index (Phi) is 6.65. The summed E-state index contributed by atoms with van der Waals surface area (Å²) in [5.41, 5.74) is -2.68. The van der Waals surface area contributed by atoms with E-state index in [1.807, 2.05) is 6.92 Å². The van der Waals surface area contributed by atoms with Gasteiger partial charge in [-0.05, 0) is 48.9 Å². The van der Waals surface area contributed by atoms with Crippen LogP contribution >= 0.6 is 0 Å². The van der Waals surface area contributed by atoms with Crippen LogP contribution in [0.5, 0.6) is 11.9 Å². The molecule has 2 aromatic heterocycles. The Morgan fingerprint density at radius 3 is 2.51 bits per heavy atom. The molecule has 0 spiro atoms. The highest BCUT2D eigenvalue weighted by Gasteiger charge is 2.39. The van der Waals surface area contributed by atoms with E-state index in [1.165, 1.54) is 36.7 Å². The number of halogens is 4. The monoisotopic (exact) mass is 538 g/mol. The minimum absolute atomic E-state index is 0.0698. The fourth-order valence-electron chi connectivity index (χ4n) is 3.98. The van der Waals surface area contributed by atoms with Crippen LogP contribution in [-0.2, 0) is 21.3 Å². The molecule has 0 aliphatic heterocycles. The van der Waals surface area contributed by atoms with Gasteiger partial charge in [0.15, 0.2) is 5.69 Å². The van der Waals surface area contributed by atoms with Gasteiger partial charge in [-0.2, -0.15) is 22.5 Å². The van der Waals surface area contributed by atoms with Crippen LogP contribution in [-0.4, -0.2) is 36.5 Å². The predicted octanol–water partition coefficient (Wildman–Crippen LogP) is 5.25. The molecule has 4 rings (SSSR count). The molecular formula is C23H22F4N6O3S. The van der Waals surface area contributed by atoms with E-state index >= 15 is 0 Å². The number of hydrogen-bond acceptors (Lipinski definition) is 8. The Morgan fingerprint density at radius 2 is 1.95 bits per heavy atom. The highest BCUT2D eigenvalue weighted by molar-refractivity contribution is 7.91. The third-order valence-corrected chi connectivity index (χ3v) is 7.39. The Morgan fingerprint density at radius 1 is 1.24 bits per heavy atom. The Bertz CT molecular complexity index is 1490. The minimum atomic E-state index is -4.92. The number of carbonyl (C=O) groups excluding carboxylic acids is 1. The topological polar surface area (TPSA) is 131 Å². The molecule has 0 saturated heterocycles. The number of nitrogens with zero attached hydrogens (tertiary/aromatic N) is 4. The predicted molar refractivity (Wildman–Crippen MR) is 124 cm³/mol. The molecule has 1 aromatic carbocycles. The van der Waals surface area contributed by atoms with Crippen LogP contribution < -0.4 is 10.1 Å². The lowest BCUT2D eigenvalue weighted by Crippen LogP contribution is -2.32. The second-order valence-electron chi connectivity index (χ2n) is 9.05. The van der Waals surface area contributed by atoms with Crippen molar-refractivity contribution >= 4 is 21.3 Å². The van der Waals surface area contributed by atoms with Crippen LogP contribution in [0.4, 0.5) is 23.2 Å². The van der Waals surface area contributed by atoms with E-state index in [0.29, 0.717) is 5.56 Å². The Hall–Kier alpha value is -3.68. The second-order valence-corrected chi connectivity index (χ2v) is 11.2. The molecule has 196 valence electrons. The first-order valence-electron chi connectivity index (χ1n) is 11.0. The molecule has 1 fully saturated rings. The number of aromatic nitrogens is 4. The normalized spacial score (nSPS) is 16.4. The van der Waals surface area contributed by atoms with Crippen molar-refractivity contribution in [3.05, 3.63) is 58.8 Å². The Labute approximate surface area is 209 Å². The number of ether oxygens (including phenoxy) is 1. The Balaban J connectivity index is 1.72. The van der Waals surface area contributed by atoms with Crippen LogP contribution in [0, 0.1) is 17.7 Å². The van der Waals surface area contributed by atoms with E-state index in [2.05, 4.69) is 25.5 Å². The van der Waals surface area contributed by atoms with Crippen LogP contribution in [0.25, 0.3) is 0 Å². The van der Waals surface area contributed by atoms with Crippen LogP contribution in [0.3, 0.4) is 0 Å². The van der Waals surface area contributed by atoms with E-state index in [4.69, 9.17) is 9.52 Å². The lowest BCUT2D eigenvalue weighted by molar-refractivity contribution is -0.142. The molecule has 1 aliphatic carbocycles. The molecule has 14 heteroatoms. The molecular weight excluding hydrogens is 516 g/mol. The van der Waals surface area contributed by atoms with Crippen molar-refractivity contribution in [2.24, 2.45) is 0 Å². The zero-order valence-electron chi connectivity index (χ0n) is 19.9. The van der Waals surface area contributed by atoms with Gasteiger partial charge in [-0.15, -0.1) is 10.2 Å². The van der Waals surface area contributed by atoms with Crippen LogP contribution in [0.2, 0.25) is 0 Å². The van der Waals surface area contributed by atoms with Crippen LogP contribution in [0.1, 0.15) is 53.4 Å². The summed E-state index contributed by atoms with van der Waals surface area (Å²) in [5, 5.41) is 8.96. The minimum Gasteiger partial charge on any atom is -0.403 e.